The van der Waals surface area contributed by atoms with Crippen LogP contribution in [0.25, 0.3) is 6.08 Å². The first kappa shape index (κ1) is 20.2. The predicted octanol–water partition coefficient (Wildman–Crippen LogP) is 4.87. The highest BCUT2D eigenvalue weighted by Crippen LogP contribution is 2.22. The van der Waals surface area contributed by atoms with Gasteiger partial charge in [-0.3, -0.25) is 10.1 Å². The summed E-state index contributed by atoms with van der Waals surface area (Å²) in [5, 5.41) is 15.2. The van der Waals surface area contributed by atoms with Crippen molar-refractivity contribution in [1.29, 1.82) is 0 Å². The van der Waals surface area contributed by atoms with Crippen molar-refractivity contribution in [2.45, 2.75) is 0 Å². The second-order valence-electron chi connectivity index (χ2n) is 4.94. The molecule has 0 bridgehead atoms. The van der Waals surface area contributed by atoms with E-state index in [1.54, 1.807) is 18.2 Å². The third-order valence-corrected chi connectivity index (χ3v) is 4.16. The average Bonchev–Trinajstić information content (AvgIpc) is 2.55. The fourth-order valence-electron chi connectivity index (χ4n) is 1.88. The molecule has 0 radical (unpaired) electrons. The minimum atomic E-state index is -1.17. The monoisotopic (exact) mass is 428 g/mol. The van der Waals surface area contributed by atoms with Gasteiger partial charge in [-0.15, -0.1) is 0 Å². The summed E-state index contributed by atoms with van der Waals surface area (Å²) in [6.07, 6.45) is 2.77. The first-order valence-corrected chi connectivity index (χ1v) is 8.58. The van der Waals surface area contributed by atoms with Crippen LogP contribution in [-0.2, 0) is 4.79 Å². The normalized spacial score (nSPS) is 10.6. The van der Waals surface area contributed by atoms with Crippen molar-refractivity contribution < 1.29 is 14.7 Å². The van der Waals surface area contributed by atoms with E-state index in [0.29, 0.717) is 21.3 Å². The highest BCUT2D eigenvalue weighted by Gasteiger charge is 2.10. The van der Waals surface area contributed by atoms with Gasteiger partial charge in [0.1, 0.15) is 0 Å². The fraction of sp³-hybridized carbons (Fsp3) is 0. The zero-order valence-corrected chi connectivity index (χ0v) is 16.0. The number of thiocarbonyl (C=S) groups is 1. The average molecular weight is 430 g/mol. The molecule has 0 heterocycles. The summed E-state index contributed by atoms with van der Waals surface area (Å²) >= 11 is 22.6. The van der Waals surface area contributed by atoms with Gasteiger partial charge in [-0.25, -0.2) is 4.79 Å². The van der Waals surface area contributed by atoms with Crippen molar-refractivity contribution in [2.24, 2.45) is 0 Å². The van der Waals surface area contributed by atoms with Crippen LogP contribution in [0.2, 0.25) is 15.1 Å². The summed E-state index contributed by atoms with van der Waals surface area (Å²) in [5.74, 6) is -1.66. The van der Waals surface area contributed by atoms with E-state index in [1.807, 2.05) is 0 Å². The summed E-state index contributed by atoms with van der Waals surface area (Å²) < 4.78 is 0. The lowest BCUT2D eigenvalue weighted by atomic mass is 10.2. The summed E-state index contributed by atoms with van der Waals surface area (Å²) in [6, 6.07) is 9.15. The SMILES string of the molecule is O=C(C=Cc1ccc(Cl)cc1Cl)NC(=S)Nc1ccc(Cl)c(C(=O)O)c1. The molecule has 0 saturated heterocycles. The van der Waals surface area contributed by atoms with Crippen LogP contribution in [0, 0.1) is 0 Å². The van der Waals surface area contributed by atoms with E-state index >= 15 is 0 Å². The Morgan fingerprint density at radius 3 is 2.42 bits per heavy atom. The van der Waals surface area contributed by atoms with Gasteiger partial charge in [0.05, 0.1) is 10.6 Å². The van der Waals surface area contributed by atoms with Crippen molar-refractivity contribution in [3.05, 3.63) is 68.7 Å². The minimum Gasteiger partial charge on any atom is -0.478 e. The molecule has 3 N–H and O–H groups in total. The molecule has 0 spiro atoms. The largest absolute Gasteiger partial charge is 0.478 e. The van der Waals surface area contributed by atoms with Gasteiger partial charge in [-0.1, -0.05) is 40.9 Å². The molecule has 2 aromatic carbocycles. The molecule has 0 aliphatic heterocycles. The van der Waals surface area contributed by atoms with E-state index < -0.39 is 11.9 Å². The van der Waals surface area contributed by atoms with Crippen LogP contribution in [0.4, 0.5) is 5.69 Å². The number of aromatic carboxylic acids is 1. The number of hydrogen-bond acceptors (Lipinski definition) is 3. The van der Waals surface area contributed by atoms with Gasteiger partial charge in [0, 0.05) is 21.8 Å². The number of amides is 1. The van der Waals surface area contributed by atoms with E-state index in [4.69, 9.17) is 52.1 Å². The van der Waals surface area contributed by atoms with E-state index in [0.717, 1.165) is 0 Å². The number of nitrogens with one attached hydrogen (secondary N) is 2. The summed E-state index contributed by atoms with van der Waals surface area (Å²) in [6.45, 7) is 0. The highest BCUT2D eigenvalue weighted by atomic mass is 35.5. The Labute approximate surface area is 169 Å². The molecule has 0 atom stereocenters. The Kier molecular flexibility index (Phi) is 6.99. The molecule has 2 aromatic rings. The van der Waals surface area contributed by atoms with Crippen LogP contribution in [0.15, 0.2) is 42.5 Å². The second kappa shape index (κ2) is 9.00. The molecule has 1 amide bonds. The number of carboxylic acid groups (broad SMARTS) is 1. The van der Waals surface area contributed by atoms with Crippen molar-refractivity contribution in [3.63, 3.8) is 0 Å². The first-order chi connectivity index (χ1) is 12.3. The predicted molar refractivity (Wildman–Crippen MR) is 108 cm³/mol. The topological polar surface area (TPSA) is 78.4 Å². The molecular formula is C17H11Cl3N2O3S. The maximum atomic E-state index is 11.9. The first-order valence-electron chi connectivity index (χ1n) is 7.04. The van der Waals surface area contributed by atoms with Gasteiger partial charge in [0.2, 0.25) is 5.91 Å². The van der Waals surface area contributed by atoms with Crippen LogP contribution < -0.4 is 10.6 Å². The molecule has 0 saturated carbocycles. The number of carbonyl (C=O) groups excluding carboxylic acids is 1. The molecule has 2 rings (SSSR count). The number of anilines is 1. The van der Waals surface area contributed by atoms with Crippen molar-refractivity contribution >= 4 is 75.8 Å². The number of carboxylic acids is 1. The third kappa shape index (κ3) is 5.71. The van der Waals surface area contributed by atoms with Crippen molar-refractivity contribution in [1.82, 2.24) is 5.32 Å². The molecule has 0 fully saturated rings. The lowest BCUT2D eigenvalue weighted by Gasteiger charge is -2.09. The van der Waals surface area contributed by atoms with Gasteiger partial charge < -0.3 is 10.4 Å². The molecule has 9 heteroatoms. The van der Waals surface area contributed by atoms with E-state index in [-0.39, 0.29) is 15.7 Å². The lowest BCUT2D eigenvalue weighted by Crippen LogP contribution is -2.32. The van der Waals surface area contributed by atoms with Gasteiger partial charge >= 0.3 is 5.97 Å². The van der Waals surface area contributed by atoms with E-state index in [9.17, 15) is 9.59 Å². The fourth-order valence-corrected chi connectivity index (χ4v) is 2.77. The Bertz CT molecular complexity index is 916. The quantitative estimate of drug-likeness (QED) is 0.477. The number of hydrogen-bond donors (Lipinski definition) is 3. The minimum absolute atomic E-state index is 0.000476. The van der Waals surface area contributed by atoms with Gasteiger partial charge in [0.15, 0.2) is 5.11 Å². The standard InChI is InChI=1S/C17H11Cl3N2O3S/c18-10-3-1-9(14(20)7-10)2-6-15(23)22-17(26)21-11-4-5-13(19)12(8-11)16(24)25/h1-8H,(H,24,25)(H2,21,22,23,26). The highest BCUT2D eigenvalue weighted by molar-refractivity contribution is 7.80. The maximum absolute atomic E-state index is 11.9. The number of rotatable bonds is 4. The number of benzene rings is 2. The Balaban J connectivity index is 1.99. The molecular weight excluding hydrogens is 419 g/mol. The van der Waals surface area contributed by atoms with E-state index in [2.05, 4.69) is 10.6 Å². The Hall–Kier alpha value is -2.12. The van der Waals surface area contributed by atoms with Gasteiger partial charge in [0.25, 0.3) is 0 Å². The van der Waals surface area contributed by atoms with Gasteiger partial charge in [-0.05, 0) is 54.2 Å². The van der Waals surface area contributed by atoms with Crippen molar-refractivity contribution in [3.8, 4) is 0 Å². The molecule has 5 nitrogen and oxygen atoms in total. The molecule has 0 aliphatic carbocycles. The summed E-state index contributed by atoms with van der Waals surface area (Å²) in [5.41, 5.74) is 0.916. The lowest BCUT2D eigenvalue weighted by molar-refractivity contribution is -0.115. The van der Waals surface area contributed by atoms with E-state index in [1.165, 1.54) is 30.4 Å². The third-order valence-electron chi connectivity index (χ3n) is 3.07. The van der Waals surface area contributed by atoms with Crippen LogP contribution >= 0.6 is 47.0 Å². The Morgan fingerprint density at radius 1 is 1.04 bits per heavy atom. The molecule has 0 unspecified atom stereocenters. The summed E-state index contributed by atoms with van der Waals surface area (Å²) in [4.78, 5) is 23.0. The Morgan fingerprint density at radius 2 is 1.77 bits per heavy atom. The van der Waals surface area contributed by atoms with Crippen LogP contribution in [0.1, 0.15) is 15.9 Å². The molecule has 0 aliphatic rings. The van der Waals surface area contributed by atoms with Crippen LogP contribution in [-0.4, -0.2) is 22.1 Å². The van der Waals surface area contributed by atoms with Crippen LogP contribution in [0.5, 0.6) is 0 Å². The maximum Gasteiger partial charge on any atom is 0.337 e. The second-order valence-corrected chi connectivity index (χ2v) is 6.60. The van der Waals surface area contributed by atoms with Crippen molar-refractivity contribution in [2.75, 3.05) is 5.32 Å². The zero-order valence-electron chi connectivity index (χ0n) is 12.9. The molecule has 26 heavy (non-hydrogen) atoms. The number of halogens is 3. The molecule has 0 aromatic heterocycles. The van der Waals surface area contributed by atoms with Gasteiger partial charge in [-0.2, -0.15) is 0 Å². The number of carbonyl (C=O) groups is 2. The van der Waals surface area contributed by atoms with Crippen LogP contribution in [0.3, 0.4) is 0 Å². The summed E-state index contributed by atoms with van der Waals surface area (Å²) in [7, 11) is 0. The zero-order chi connectivity index (χ0) is 19.3. The smallest absolute Gasteiger partial charge is 0.337 e. The molecule has 134 valence electrons.